The van der Waals surface area contributed by atoms with Gasteiger partial charge in [0.1, 0.15) is 11.9 Å². The molecule has 0 aromatic heterocycles. The van der Waals surface area contributed by atoms with Crippen LogP contribution in [0.3, 0.4) is 0 Å². The number of rotatable bonds is 2. The molecule has 82 valence electrons. The SMILES string of the molecule is c1ccc2c(O[C@H]3CCNC3)cccc2c1. The average molecular weight is 213 g/mol. The van der Waals surface area contributed by atoms with E-state index in [2.05, 4.69) is 47.8 Å². The van der Waals surface area contributed by atoms with Gasteiger partial charge in [0.15, 0.2) is 0 Å². The third kappa shape index (κ3) is 1.76. The van der Waals surface area contributed by atoms with Gasteiger partial charge in [-0.25, -0.2) is 0 Å². The molecule has 2 aromatic carbocycles. The quantitative estimate of drug-likeness (QED) is 0.828. The highest BCUT2D eigenvalue weighted by Gasteiger charge is 2.16. The molecule has 1 saturated heterocycles. The minimum Gasteiger partial charge on any atom is -0.488 e. The summed E-state index contributed by atoms with van der Waals surface area (Å²) in [7, 11) is 0. The summed E-state index contributed by atoms with van der Waals surface area (Å²) in [5.74, 6) is 1.01. The Hall–Kier alpha value is -1.54. The van der Waals surface area contributed by atoms with Crippen LogP contribution in [0.15, 0.2) is 42.5 Å². The Morgan fingerprint density at radius 2 is 1.94 bits per heavy atom. The van der Waals surface area contributed by atoms with Crippen LogP contribution in [0.25, 0.3) is 10.8 Å². The maximum absolute atomic E-state index is 6.03. The van der Waals surface area contributed by atoms with E-state index in [1.807, 2.05) is 0 Å². The zero-order valence-corrected chi connectivity index (χ0v) is 9.15. The smallest absolute Gasteiger partial charge is 0.127 e. The molecule has 0 spiro atoms. The normalized spacial score (nSPS) is 20.1. The van der Waals surface area contributed by atoms with Crippen molar-refractivity contribution in [3.8, 4) is 5.75 Å². The van der Waals surface area contributed by atoms with E-state index in [1.54, 1.807) is 0 Å². The van der Waals surface area contributed by atoms with E-state index < -0.39 is 0 Å². The first-order valence-corrected chi connectivity index (χ1v) is 5.78. The predicted molar refractivity (Wildman–Crippen MR) is 65.9 cm³/mol. The van der Waals surface area contributed by atoms with E-state index in [0.29, 0.717) is 6.10 Å². The molecule has 2 heteroatoms. The fraction of sp³-hybridized carbons (Fsp3) is 0.286. The molecule has 0 amide bonds. The van der Waals surface area contributed by atoms with Crippen LogP contribution in [0.4, 0.5) is 0 Å². The van der Waals surface area contributed by atoms with E-state index in [4.69, 9.17) is 4.74 Å². The van der Waals surface area contributed by atoms with Crippen molar-refractivity contribution in [1.82, 2.24) is 5.32 Å². The molecule has 0 unspecified atom stereocenters. The number of benzene rings is 2. The van der Waals surface area contributed by atoms with Gasteiger partial charge in [-0.05, 0) is 24.4 Å². The average Bonchev–Trinajstić information content (AvgIpc) is 2.82. The molecular weight excluding hydrogens is 198 g/mol. The lowest BCUT2D eigenvalue weighted by Gasteiger charge is -2.14. The summed E-state index contributed by atoms with van der Waals surface area (Å²) in [5.41, 5.74) is 0. The summed E-state index contributed by atoms with van der Waals surface area (Å²) in [6.07, 6.45) is 1.43. The predicted octanol–water partition coefficient (Wildman–Crippen LogP) is 2.58. The summed E-state index contributed by atoms with van der Waals surface area (Å²) in [6.45, 7) is 2.03. The Balaban J connectivity index is 1.96. The first-order valence-electron chi connectivity index (χ1n) is 5.78. The summed E-state index contributed by atoms with van der Waals surface area (Å²) in [6, 6.07) is 14.6. The van der Waals surface area contributed by atoms with Gasteiger partial charge >= 0.3 is 0 Å². The van der Waals surface area contributed by atoms with Crippen LogP contribution in [0.2, 0.25) is 0 Å². The maximum Gasteiger partial charge on any atom is 0.127 e. The van der Waals surface area contributed by atoms with Gasteiger partial charge in [-0.1, -0.05) is 36.4 Å². The van der Waals surface area contributed by atoms with Crippen molar-refractivity contribution in [3.63, 3.8) is 0 Å². The molecule has 1 atom stereocenters. The van der Waals surface area contributed by atoms with Gasteiger partial charge in [-0.15, -0.1) is 0 Å². The number of hydrogen-bond acceptors (Lipinski definition) is 2. The number of fused-ring (bicyclic) bond motifs is 1. The molecule has 0 aliphatic carbocycles. The third-order valence-corrected chi connectivity index (χ3v) is 3.06. The van der Waals surface area contributed by atoms with E-state index in [1.165, 1.54) is 10.8 Å². The zero-order chi connectivity index (χ0) is 10.8. The van der Waals surface area contributed by atoms with Gasteiger partial charge < -0.3 is 10.1 Å². The van der Waals surface area contributed by atoms with Gasteiger partial charge in [0.2, 0.25) is 0 Å². The lowest BCUT2D eigenvalue weighted by atomic mass is 10.1. The Kier molecular flexibility index (Phi) is 2.50. The van der Waals surface area contributed by atoms with Gasteiger partial charge in [-0.2, -0.15) is 0 Å². The van der Waals surface area contributed by atoms with Crippen molar-refractivity contribution in [2.24, 2.45) is 0 Å². The largest absolute Gasteiger partial charge is 0.488 e. The van der Waals surface area contributed by atoms with Crippen LogP contribution in [0.5, 0.6) is 5.75 Å². The van der Waals surface area contributed by atoms with E-state index >= 15 is 0 Å². The van der Waals surface area contributed by atoms with Crippen molar-refractivity contribution in [3.05, 3.63) is 42.5 Å². The van der Waals surface area contributed by atoms with Gasteiger partial charge in [-0.3, -0.25) is 0 Å². The molecule has 0 saturated carbocycles. The van der Waals surface area contributed by atoms with Gasteiger partial charge in [0.05, 0.1) is 0 Å². The molecular formula is C14H15NO. The van der Waals surface area contributed by atoms with Gasteiger partial charge in [0.25, 0.3) is 0 Å². The maximum atomic E-state index is 6.03. The minimum atomic E-state index is 0.325. The second-order valence-electron chi connectivity index (χ2n) is 4.21. The molecule has 0 bridgehead atoms. The highest BCUT2D eigenvalue weighted by Crippen LogP contribution is 2.26. The lowest BCUT2D eigenvalue weighted by Crippen LogP contribution is -2.19. The van der Waals surface area contributed by atoms with E-state index in [9.17, 15) is 0 Å². The Morgan fingerprint density at radius 3 is 2.81 bits per heavy atom. The highest BCUT2D eigenvalue weighted by atomic mass is 16.5. The van der Waals surface area contributed by atoms with Crippen LogP contribution in [-0.2, 0) is 0 Å². The van der Waals surface area contributed by atoms with Crippen molar-refractivity contribution in [1.29, 1.82) is 0 Å². The van der Waals surface area contributed by atoms with E-state index in [0.717, 1.165) is 25.3 Å². The van der Waals surface area contributed by atoms with Crippen molar-refractivity contribution < 1.29 is 4.74 Å². The molecule has 1 heterocycles. The molecule has 1 aliphatic heterocycles. The molecule has 16 heavy (non-hydrogen) atoms. The fourth-order valence-electron chi connectivity index (χ4n) is 2.21. The summed E-state index contributed by atoms with van der Waals surface area (Å²) < 4.78 is 6.03. The molecule has 0 radical (unpaired) electrons. The zero-order valence-electron chi connectivity index (χ0n) is 9.15. The van der Waals surface area contributed by atoms with Crippen LogP contribution >= 0.6 is 0 Å². The van der Waals surface area contributed by atoms with E-state index in [-0.39, 0.29) is 0 Å². The molecule has 1 fully saturated rings. The topological polar surface area (TPSA) is 21.3 Å². The number of ether oxygens (including phenoxy) is 1. The fourth-order valence-corrected chi connectivity index (χ4v) is 2.21. The molecule has 2 nitrogen and oxygen atoms in total. The third-order valence-electron chi connectivity index (χ3n) is 3.06. The Labute approximate surface area is 95.2 Å². The van der Waals surface area contributed by atoms with Crippen LogP contribution < -0.4 is 10.1 Å². The second-order valence-corrected chi connectivity index (χ2v) is 4.21. The standard InChI is InChI=1S/C14H15NO/c1-2-6-13-11(4-1)5-3-7-14(13)16-12-8-9-15-10-12/h1-7,12,15H,8-10H2/t12-/m0/s1. The molecule has 1 aliphatic rings. The number of nitrogens with one attached hydrogen (secondary N) is 1. The van der Waals surface area contributed by atoms with Crippen molar-refractivity contribution in [2.45, 2.75) is 12.5 Å². The Morgan fingerprint density at radius 1 is 1.06 bits per heavy atom. The first kappa shape index (κ1) is 9.67. The first-order chi connectivity index (χ1) is 7.93. The van der Waals surface area contributed by atoms with Crippen LogP contribution in [0.1, 0.15) is 6.42 Å². The molecule has 2 aromatic rings. The summed E-state index contributed by atoms with van der Waals surface area (Å²) >= 11 is 0. The minimum absolute atomic E-state index is 0.325. The van der Waals surface area contributed by atoms with Crippen LogP contribution in [0, 0.1) is 0 Å². The molecule has 3 rings (SSSR count). The van der Waals surface area contributed by atoms with Crippen molar-refractivity contribution in [2.75, 3.05) is 13.1 Å². The summed E-state index contributed by atoms with van der Waals surface area (Å²) in [5, 5.41) is 5.76. The second kappa shape index (κ2) is 4.14. The highest BCUT2D eigenvalue weighted by molar-refractivity contribution is 5.88. The van der Waals surface area contributed by atoms with Crippen LogP contribution in [-0.4, -0.2) is 19.2 Å². The Bertz CT molecular complexity index is 484. The molecule has 1 N–H and O–H groups in total. The van der Waals surface area contributed by atoms with Crippen molar-refractivity contribution >= 4 is 10.8 Å². The summed E-state index contributed by atoms with van der Waals surface area (Å²) in [4.78, 5) is 0. The monoisotopic (exact) mass is 213 g/mol. The number of hydrogen-bond donors (Lipinski definition) is 1. The van der Waals surface area contributed by atoms with Gasteiger partial charge in [0, 0.05) is 11.9 Å². The lowest BCUT2D eigenvalue weighted by molar-refractivity contribution is 0.226.